The minimum atomic E-state index is -0.0348. The SMILES string of the molecule is O=C(NCC1CC2CCC1CC2)c1c[nH]c(-c2nn[nH]n2)c1. The van der Waals surface area contributed by atoms with E-state index < -0.39 is 0 Å². The highest BCUT2D eigenvalue weighted by Crippen LogP contribution is 2.44. The third kappa shape index (κ3) is 2.51. The van der Waals surface area contributed by atoms with Crippen molar-refractivity contribution >= 4 is 5.91 Å². The number of carbonyl (C=O) groups is 1. The van der Waals surface area contributed by atoms with Crippen LogP contribution in [0.5, 0.6) is 0 Å². The number of hydrogen-bond acceptors (Lipinski definition) is 4. The fourth-order valence-electron chi connectivity index (χ4n) is 4.02. The molecule has 0 saturated heterocycles. The molecule has 0 radical (unpaired) electrons. The van der Waals surface area contributed by atoms with Gasteiger partial charge in [0.2, 0.25) is 5.82 Å². The number of aromatic nitrogens is 5. The number of nitrogens with one attached hydrogen (secondary N) is 3. The minimum absolute atomic E-state index is 0.0348. The van der Waals surface area contributed by atoms with Crippen LogP contribution >= 0.6 is 0 Å². The van der Waals surface area contributed by atoms with E-state index in [9.17, 15) is 4.79 Å². The van der Waals surface area contributed by atoms with Gasteiger partial charge in [-0.1, -0.05) is 12.8 Å². The number of amides is 1. The van der Waals surface area contributed by atoms with E-state index in [0.717, 1.165) is 18.4 Å². The van der Waals surface area contributed by atoms with E-state index in [-0.39, 0.29) is 5.91 Å². The van der Waals surface area contributed by atoms with Crippen LogP contribution in [-0.4, -0.2) is 38.1 Å². The molecular weight excluding hydrogens is 280 g/mol. The predicted octanol–water partition coefficient (Wildman–Crippen LogP) is 1.75. The zero-order valence-electron chi connectivity index (χ0n) is 12.4. The summed E-state index contributed by atoms with van der Waals surface area (Å²) in [6, 6.07) is 1.76. The van der Waals surface area contributed by atoms with Crippen LogP contribution in [0.2, 0.25) is 0 Å². The number of rotatable bonds is 4. The molecule has 0 spiro atoms. The molecular formula is C15H20N6O. The van der Waals surface area contributed by atoms with Crippen LogP contribution in [0.1, 0.15) is 42.5 Å². The van der Waals surface area contributed by atoms with Gasteiger partial charge < -0.3 is 10.3 Å². The van der Waals surface area contributed by atoms with E-state index >= 15 is 0 Å². The second-order valence-corrected chi connectivity index (χ2v) is 6.52. The maximum Gasteiger partial charge on any atom is 0.252 e. The molecule has 0 aliphatic heterocycles. The number of H-pyrrole nitrogens is 2. The molecule has 3 aliphatic rings. The summed E-state index contributed by atoms with van der Waals surface area (Å²) in [6.07, 6.45) is 8.44. The van der Waals surface area contributed by atoms with Crippen molar-refractivity contribution in [2.45, 2.75) is 32.1 Å². The van der Waals surface area contributed by atoms with Crippen molar-refractivity contribution < 1.29 is 4.79 Å². The Hall–Kier alpha value is -2.18. The lowest BCUT2D eigenvalue weighted by Gasteiger charge is -2.42. The first-order valence-corrected chi connectivity index (χ1v) is 8.00. The molecule has 1 unspecified atom stereocenters. The second-order valence-electron chi connectivity index (χ2n) is 6.52. The molecule has 22 heavy (non-hydrogen) atoms. The molecule has 2 bridgehead atoms. The molecule has 7 heteroatoms. The summed E-state index contributed by atoms with van der Waals surface area (Å²) in [4.78, 5) is 15.3. The maximum absolute atomic E-state index is 12.3. The average Bonchev–Trinajstić information content (AvgIpc) is 3.24. The molecule has 116 valence electrons. The van der Waals surface area contributed by atoms with Crippen molar-refractivity contribution in [3.05, 3.63) is 17.8 Å². The smallest absolute Gasteiger partial charge is 0.252 e. The summed E-state index contributed by atoms with van der Waals surface area (Å²) in [5, 5.41) is 16.8. The summed E-state index contributed by atoms with van der Waals surface area (Å²) in [7, 11) is 0. The molecule has 3 N–H and O–H groups in total. The topological polar surface area (TPSA) is 99.4 Å². The van der Waals surface area contributed by atoms with Gasteiger partial charge in [0.15, 0.2) is 0 Å². The van der Waals surface area contributed by atoms with Crippen molar-refractivity contribution in [2.24, 2.45) is 17.8 Å². The first-order valence-electron chi connectivity index (χ1n) is 8.00. The summed E-state index contributed by atoms with van der Waals surface area (Å²) >= 11 is 0. The summed E-state index contributed by atoms with van der Waals surface area (Å²) < 4.78 is 0. The van der Waals surface area contributed by atoms with Gasteiger partial charge in [0, 0.05) is 12.7 Å². The molecule has 2 heterocycles. The third-order valence-corrected chi connectivity index (χ3v) is 5.25. The van der Waals surface area contributed by atoms with Crippen LogP contribution in [0, 0.1) is 17.8 Å². The number of fused-ring (bicyclic) bond motifs is 3. The van der Waals surface area contributed by atoms with Gasteiger partial charge in [0.25, 0.3) is 5.91 Å². The van der Waals surface area contributed by atoms with E-state index in [4.69, 9.17) is 0 Å². The molecule has 2 aromatic heterocycles. The maximum atomic E-state index is 12.3. The summed E-state index contributed by atoms with van der Waals surface area (Å²) in [5.74, 6) is 2.79. The standard InChI is InChI=1S/C15H20N6O/c22-15(12-6-13(16-8-12)14-18-20-21-19-14)17-7-11-5-9-1-3-10(11)4-2-9/h6,8-11,16H,1-5,7H2,(H,17,22)(H,18,19,20,21). The molecule has 1 atom stereocenters. The van der Waals surface area contributed by atoms with E-state index in [1.54, 1.807) is 12.3 Å². The summed E-state index contributed by atoms with van der Waals surface area (Å²) in [6.45, 7) is 0.794. The summed E-state index contributed by atoms with van der Waals surface area (Å²) in [5.41, 5.74) is 1.30. The molecule has 2 aromatic rings. The molecule has 7 nitrogen and oxygen atoms in total. The van der Waals surface area contributed by atoms with Crippen LogP contribution in [0.25, 0.3) is 11.5 Å². The Balaban J connectivity index is 1.36. The van der Waals surface area contributed by atoms with Crippen molar-refractivity contribution in [3.8, 4) is 11.5 Å². The lowest BCUT2D eigenvalue weighted by atomic mass is 9.65. The minimum Gasteiger partial charge on any atom is -0.358 e. The van der Waals surface area contributed by atoms with E-state index in [1.165, 1.54) is 32.1 Å². The highest BCUT2D eigenvalue weighted by atomic mass is 16.1. The van der Waals surface area contributed by atoms with Gasteiger partial charge in [-0.15, -0.1) is 10.2 Å². The van der Waals surface area contributed by atoms with E-state index in [0.29, 0.717) is 23.0 Å². The van der Waals surface area contributed by atoms with Crippen LogP contribution < -0.4 is 5.32 Å². The van der Waals surface area contributed by atoms with Gasteiger partial charge in [-0.2, -0.15) is 5.21 Å². The Labute approximate surface area is 128 Å². The Morgan fingerprint density at radius 1 is 1.32 bits per heavy atom. The van der Waals surface area contributed by atoms with Gasteiger partial charge >= 0.3 is 0 Å². The number of tetrazole rings is 1. The predicted molar refractivity (Wildman–Crippen MR) is 79.9 cm³/mol. The second kappa shape index (κ2) is 5.55. The fraction of sp³-hybridized carbons (Fsp3) is 0.600. The van der Waals surface area contributed by atoms with Gasteiger partial charge in [0.05, 0.1) is 11.3 Å². The zero-order chi connectivity index (χ0) is 14.9. The van der Waals surface area contributed by atoms with Gasteiger partial charge in [0.1, 0.15) is 0 Å². The Morgan fingerprint density at radius 3 is 2.86 bits per heavy atom. The van der Waals surface area contributed by atoms with Crippen LogP contribution in [0.15, 0.2) is 12.3 Å². The highest BCUT2D eigenvalue weighted by Gasteiger charge is 2.35. The third-order valence-electron chi connectivity index (χ3n) is 5.25. The molecule has 3 fully saturated rings. The van der Waals surface area contributed by atoms with E-state index in [2.05, 4.69) is 30.9 Å². The monoisotopic (exact) mass is 300 g/mol. The van der Waals surface area contributed by atoms with E-state index in [1.807, 2.05) is 0 Å². The quantitative estimate of drug-likeness (QED) is 0.801. The number of nitrogens with zero attached hydrogens (tertiary/aromatic N) is 3. The van der Waals surface area contributed by atoms with Crippen molar-refractivity contribution in [1.82, 2.24) is 30.9 Å². The van der Waals surface area contributed by atoms with Gasteiger partial charge in [-0.25, -0.2) is 0 Å². The molecule has 1 amide bonds. The van der Waals surface area contributed by atoms with Gasteiger partial charge in [-0.3, -0.25) is 4.79 Å². The van der Waals surface area contributed by atoms with Crippen LogP contribution in [0.3, 0.4) is 0 Å². The highest BCUT2D eigenvalue weighted by molar-refractivity contribution is 5.95. The molecule has 3 saturated carbocycles. The number of carbonyl (C=O) groups excluding carboxylic acids is 1. The lowest BCUT2D eigenvalue weighted by molar-refractivity contribution is 0.0829. The first-order chi connectivity index (χ1) is 10.8. The largest absolute Gasteiger partial charge is 0.358 e. The average molecular weight is 300 g/mol. The van der Waals surface area contributed by atoms with Crippen molar-refractivity contribution in [2.75, 3.05) is 6.54 Å². The van der Waals surface area contributed by atoms with Crippen LogP contribution in [-0.2, 0) is 0 Å². The van der Waals surface area contributed by atoms with Crippen molar-refractivity contribution in [1.29, 1.82) is 0 Å². The normalized spacial score (nSPS) is 27.0. The van der Waals surface area contributed by atoms with Crippen LogP contribution in [0.4, 0.5) is 0 Å². The zero-order valence-corrected chi connectivity index (χ0v) is 12.4. The lowest BCUT2D eigenvalue weighted by Crippen LogP contribution is -2.39. The number of hydrogen-bond donors (Lipinski definition) is 3. The molecule has 5 rings (SSSR count). The Kier molecular flexibility index (Phi) is 3.40. The molecule has 0 aromatic carbocycles. The number of aromatic amines is 2. The molecule has 3 aliphatic carbocycles. The Bertz CT molecular complexity index is 641. The van der Waals surface area contributed by atoms with Crippen molar-refractivity contribution in [3.63, 3.8) is 0 Å². The fourth-order valence-corrected chi connectivity index (χ4v) is 4.02. The first kappa shape index (κ1) is 13.5. The Morgan fingerprint density at radius 2 is 2.18 bits per heavy atom. The van der Waals surface area contributed by atoms with Gasteiger partial charge in [-0.05, 0) is 48.3 Å².